The van der Waals surface area contributed by atoms with Gasteiger partial charge in [-0.15, -0.1) is 0 Å². The maximum Gasteiger partial charge on any atom is 0.0924 e. The molecule has 4 nitrogen and oxygen atoms in total. The Balaban J connectivity index is 1.88. The van der Waals surface area contributed by atoms with Gasteiger partial charge in [-0.1, -0.05) is 6.92 Å². The molecule has 2 unspecified atom stereocenters. The molecule has 17 heavy (non-hydrogen) atoms. The van der Waals surface area contributed by atoms with Crippen LogP contribution in [0.5, 0.6) is 0 Å². The van der Waals surface area contributed by atoms with Gasteiger partial charge in [-0.2, -0.15) is 5.10 Å². The number of hydrogen-bond acceptors (Lipinski definition) is 3. The molecular weight excluding hydrogens is 212 g/mol. The first-order chi connectivity index (χ1) is 8.34. The van der Waals surface area contributed by atoms with E-state index in [-0.39, 0.29) is 0 Å². The van der Waals surface area contributed by atoms with E-state index in [1.165, 1.54) is 5.69 Å². The van der Waals surface area contributed by atoms with E-state index in [0.29, 0.717) is 11.8 Å². The Labute approximate surface area is 100 Å². The summed E-state index contributed by atoms with van der Waals surface area (Å²) in [5.74, 6) is 1.22. The maximum absolute atomic E-state index is 4.38. The molecule has 0 aliphatic carbocycles. The molecule has 88 valence electrons. The number of H-pyrrole nitrogens is 1. The Morgan fingerprint density at radius 3 is 2.76 bits per heavy atom. The van der Waals surface area contributed by atoms with Crippen molar-refractivity contribution < 1.29 is 0 Å². The Morgan fingerprint density at radius 1 is 1.24 bits per heavy atom. The molecule has 4 heteroatoms. The summed E-state index contributed by atoms with van der Waals surface area (Å²) < 4.78 is 0. The normalized spacial score (nSPS) is 24.1. The predicted molar refractivity (Wildman–Crippen MR) is 66.6 cm³/mol. The van der Waals surface area contributed by atoms with E-state index in [4.69, 9.17) is 0 Å². The van der Waals surface area contributed by atoms with Crippen LogP contribution >= 0.6 is 0 Å². The second-order valence-electron chi connectivity index (χ2n) is 4.69. The summed E-state index contributed by atoms with van der Waals surface area (Å²) in [4.78, 5) is 4.02. The van der Waals surface area contributed by atoms with Crippen molar-refractivity contribution >= 4 is 0 Å². The number of nitrogens with one attached hydrogen (secondary N) is 2. The quantitative estimate of drug-likeness (QED) is 0.824. The summed E-state index contributed by atoms with van der Waals surface area (Å²) in [6.45, 7) is 4.41. The van der Waals surface area contributed by atoms with Crippen molar-refractivity contribution in [1.29, 1.82) is 0 Å². The third-order valence-corrected chi connectivity index (χ3v) is 3.49. The van der Waals surface area contributed by atoms with Crippen LogP contribution in [-0.2, 0) is 0 Å². The fourth-order valence-electron chi connectivity index (χ4n) is 2.42. The maximum atomic E-state index is 4.38. The summed E-state index contributed by atoms with van der Waals surface area (Å²) in [5.41, 5.74) is 3.34. The molecule has 1 aliphatic heterocycles. The zero-order chi connectivity index (χ0) is 11.7. The lowest BCUT2D eigenvalue weighted by atomic mass is 9.94. The van der Waals surface area contributed by atoms with Gasteiger partial charge < -0.3 is 5.32 Å². The van der Waals surface area contributed by atoms with Crippen LogP contribution in [0.4, 0.5) is 0 Å². The summed E-state index contributed by atoms with van der Waals surface area (Å²) in [5, 5.41) is 11.0. The number of nitrogens with zero attached hydrogens (tertiary/aromatic N) is 2. The Bertz CT molecular complexity index is 491. The van der Waals surface area contributed by atoms with Crippen LogP contribution in [0.25, 0.3) is 11.3 Å². The molecule has 1 saturated heterocycles. The average Bonchev–Trinajstić information content (AvgIpc) is 2.98. The minimum Gasteiger partial charge on any atom is -0.316 e. The molecule has 0 saturated carbocycles. The predicted octanol–water partition coefficient (Wildman–Crippen LogP) is 1.79. The molecule has 0 bridgehead atoms. The lowest BCUT2D eigenvalue weighted by Gasteiger charge is -2.10. The van der Waals surface area contributed by atoms with Crippen LogP contribution in [0.3, 0.4) is 0 Å². The van der Waals surface area contributed by atoms with Crippen molar-refractivity contribution in [2.75, 3.05) is 13.1 Å². The van der Waals surface area contributed by atoms with Crippen LogP contribution in [0.15, 0.2) is 30.6 Å². The Kier molecular flexibility index (Phi) is 2.65. The van der Waals surface area contributed by atoms with E-state index in [1.54, 1.807) is 12.4 Å². The van der Waals surface area contributed by atoms with Gasteiger partial charge >= 0.3 is 0 Å². The standard InChI is InChI=1S/C13H16N4/c1-9-7-15-8-11(9)13-6-12(16-17-13)10-2-4-14-5-3-10/h2-6,9,11,15H,7-8H2,1H3,(H,16,17). The molecule has 3 rings (SSSR count). The molecule has 0 radical (unpaired) electrons. The second-order valence-corrected chi connectivity index (χ2v) is 4.69. The van der Waals surface area contributed by atoms with Crippen LogP contribution in [-0.4, -0.2) is 28.3 Å². The molecule has 0 amide bonds. The molecule has 0 aromatic carbocycles. The van der Waals surface area contributed by atoms with Gasteiger partial charge in [0, 0.05) is 36.1 Å². The van der Waals surface area contributed by atoms with Crippen molar-refractivity contribution in [2.24, 2.45) is 5.92 Å². The fourth-order valence-corrected chi connectivity index (χ4v) is 2.42. The Morgan fingerprint density at radius 2 is 2.06 bits per heavy atom. The van der Waals surface area contributed by atoms with E-state index in [9.17, 15) is 0 Å². The highest BCUT2D eigenvalue weighted by Gasteiger charge is 2.26. The van der Waals surface area contributed by atoms with Gasteiger partial charge in [0.15, 0.2) is 0 Å². The van der Waals surface area contributed by atoms with Gasteiger partial charge in [0.25, 0.3) is 0 Å². The minimum absolute atomic E-state index is 0.554. The summed E-state index contributed by atoms with van der Waals surface area (Å²) in [6, 6.07) is 6.12. The van der Waals surface area contributed by atoms with E-state index in [1.807, 2.05) is 12.1 Å². The van der Waals surface area contributed by atoms with Crippen LogP contribution in [0.2, 0.25) is 0 Å². The van der Waals surface area contributed by atoms with Gasteiger partial charge in [0.05, 0.1) is 5.69 Å². The number of aromatic nitrogens is 3. The molecule has 2 aromatic rings. The number of rotatable bonds is 2. The zero-order valence-corrected chi connectivity index (χ0v) is 9.85. The molecule has 1 fully saturated rings. The summed E-state index contributed by atoms with van der Waals surface area (Å²) in [7, 11) is 0. The summed E-state index contributed by atoms with van der Waals surface area (Å²) in [6.07, 6.45) is 3.59. The first-order valence-electron chi connectivity index (χ1n) is 6.01. The monoisotopic (exact) mass is 228 g/mol. The highest BCUT2D eigenvalue weighted by atomic mass is 15.1. The average molecular weight is 228 g/mol. The lowest BCUT2D eigenvalue weighted by molar-refractivity contribution is 0.559. The minimum atomic E-state index is 0.554. The van der Waals surface area contributed by atoms with Crippen LogP contribution in [0, 0.1) is 5.92 Å². The van der Waals surface area contributed by atoms with Crippen molar-refractivity contribution in [3.8, 4) is 11.3 Å². The number of hydrogen-bond donors (Lipinski definition) is 2. The molecule has 0 spiro atoms. The zero-order valence-electron chi connectivity index (χ0n) is 9.85. The van der Waals surface area contributed by atoms with Crippen molar-refractivity contribution in [3.05, 3.63) is 36.3 Å². The molecule has 1 aliphatic rings. The van der Waals surface area contributed by atoms with Gasteiger partial charge in [-0.3, -0.25) is 10.1 Å². The van der Waals surface area contributed by atoms with E-state index < -0.39 is 0 Å². The third-order valence-electron chi connectivity index (χ3n) is 3.49. The highest BCUT2D eigenvalue weighted by Crippen LogP contribution is 2.28. The van der Waals surface area contributed by atoms with Crippen molar-refractivity contribution in [1.82, 2.24) is 20.5 Å². The first kappa shape index (κ1) is 10.5. The van der Waals surface area contributed by atoms with Gasteiger partial charge in [0.2, 0.25) is 0 Å². The fraction of sp³-hybridized carbons (Fsp3) is 0.385. The smallest absolute Gasteiger partial charge is 0.0924 e. The number of aromatic amines is 1. The van der Waals surface area contributed by atoms with Gasteiger partial charge in [0.1, 0.15) is 0 Å². The molecule has 2 N–H and O–H groups in total. The molecule has 2 atom stereocenters. The van der Waals surface area contributed by atoms with E-state index >= 15 is 0 Å². The largest absolute Gasteiger partial charge is 0.316 e. The van der Waals surface area contributed by atoms with Crippen molar-refractivity contribution in [3.63, 3.8) is 0 Å². The first-order valence-corrected chi connectivity index (χ1v) is 6.01. The highest BCUT2D eigenvalue weighted by molar-refractivity contribution is 5.58. The number of pyridine rings is 1. The van der Waals surface area contributed by atoms with Crippen molar-refractivity contribution in [2.45, 2.75) is 12.8 Å². The molecule has 3 heterocycles. The van der Waals surface area contributed by atoms with E-state index in [2.05, 4.69) is 33.5 Å². The second kappa shape index (κ2) is 4.30. The molecule has 2 aromatic heterocycles. The topological polar surface area (TPSA) is 53.6 Å². The van der Waals surface area contributed by atoms with Gasteiger partial charge in [-0.05, 0) is 30.7 Å². The van der Waals surface area contributed by atoms with Gasteiger partial charge in [-0.25, -0.2) is 0 Å². The third kappa shape index (κ3) is 1.96. The molecular formula is C13H16N4. The van der Waals surface area contributed by atoms with E-state index in [0.717, 1.165) is 24.3 Å². The van der Waals surface area contributed by atoms with Crippen LogP contribution in [0.1, 0.15) is 18.5 Å². The Hall–Kier alpha value is -1.68. The lowest BCUT2D eigenvalue weighted by Crippen LogP contribution is -2.08. The SMILES string of the molecule is CC1CNCC1c1cc(-c2ccncc2)n[nH]1. The van der Waals surface area contributed by atoms with Crippen LogP contribution < -0.4 is 5.32 Å². The summed E-state index contributed by atoms with van der Waals surface area (Å²) >= 11 is 0.